The third-order valence-electron chi connectivity index (χ3n) is 1.42. The first-order valence-corrected chi connectivity index (χ1v) is 3.16. The molecule has 0 heterocycles. The van der Waals surface area contributed by atoms with Crippen LogP contribution in [0.5, 0.6) is 5.75 Å². The highest BCUT2D eigenvalue weighted by Crippen LogP contribution is 2.08. The van der Waals surface area contributed by atoms with Crippen LogP contribution in [0.4, 0.5) is 0 Å². The maximum absolute atomic E-state index is 10.4. The van der Waals surface area contributed by atoms with E-state index in [4.69, 9.17) is 12.6 Å². The molecular formula is C8H7BO2-. The van der Waals surface area contributed by atoms with Crippen LogP contribution in [-0.2, 0) is 0 Å². The average Bonchev–Trinajstić information content (AvgIpc) is 2.05. The monoisotopic (exact) mass is 146 g/mol. The molecule has 1 rings (SSSR count). The van der Waals surface area contributed by atoms with E-state index >= 15 is 0 Å². The molecule has 0 N–H and O–H groups in total. The van der Waals surface area contributed by atoms with Crippen molar-refractivity contribution in [2.45, 2.75) is 0 Å². The predicted molar refractivity (Wildman–Crippen MR) is 43.8 cm³/mol. The number of carbonyl (C=O) groups excluding carboxylic acids is 1. The third-order valence-corrected chi connectivity index (χ3v) is 1.42. The normalized spacial score (nSPS) is 9.27. The van der Waals surface area contributed by atoms with Crippen LogP contribution >= 0.6 is 0 Å². The predicted octanol–water partition coefficient (Wildman–Crippen LogP) is 0.301. The lowest BCUT2D eigenvalue weighted by Gasteiger charge is -2.11. The van der Waals surface area contributed by atoms with Crippen LogP contribution in [-0.4, -0.2) is 21.2 Å². The summed E-state index contributed by atoms with van der Waals surface area (Å²) in [6.45, 7) is 0. The zero-order valence-corrected chi connectivity index (χ0v) is 6.20. The number of rotatable bonds is 2. The molecule has 3 heteroatoms. The first-order valence-electron chi connectivity index (χ1n) is 3.16. The number of hydrogen-bond acceptors (Lipinski definition) is 2. The van der Waals surface area contributed by atoms with Gasteiger partial charge in [-0.25, -0.2) is 0 Å². The second-order valence-corrected chi connectivity index (χ2v) is 2.11. The number of carbonyl (C=O) groups is 1. The molecular weight excluding hydrogens is 139 g/mol. The van der Waals surface area contributed by atoms with E-state index in [1.807, 2.05) is 0 Å². The summed E-state index contributed by atoms with van der Waals surface area (Å²) in [6.07, 6.45) is 0.706. The van der Waals surface area contributed by atoms with Crippen LogP contribution in [0.25, 0.3) is 0 Å². The van der Waals surface area contributed by atoms with Crippen molar-refractivity contribution in [2.24, 2.45) is 0 Å². The SMILES string of the molecule is [B-]c1ccc(OC)cc1C=O. The van der Waals surface area contributed by atoms with Crippen molar-refractivity contribution < 1.29 is 9.53 Å². The van der Waals surface area contributed by atoms with Gasteiger partial charge in [-0.3, -0.25) is 4.79 Å². The maximum atomic E-state index is 10.4. The van der Waals surface area contributed by atoms with E-state index in [2.05, 4.69) is 0 Å². The van der Waals surface area contributed by atoms with Crippen molar-refractivity contribution in [3.05, 3.63) is 23.8 Å². The van der Waals surface area contributed by atoms with Crippen LogP contribution in [0.3, 0.4) is 0 Å². The lowest BCUT2D eigenvalue weighted by atomic mass is 9.91. The molecule has 0 aliphatic carbocycles. The van der Waals surface area contributed by atoms with Gasteiger partial charge in [-0.1, -0.05) is 0 Å². The highest BCUT2D eigenvalue weighted by atomic mass is 16.5. The van der Waals surface area contributed by atoms with Crippen LogP contribution in [0.1, 0.15) is 10.4 Å². The Hall–Kier alpha value is -1.25. The zero-order chi connectivity index (χ0) is 8.27. The Balaban J connectivity index is 3.12. The van der Waals surface area contributed by atoms with Gasteiger partial charge in [0.25, 0.3) is 0 Å². The van der Waals surface area contributed by atoms with Gasteiger partial charge in [0.2, 0.25) is 0 Å². The molecule has 1 aromatic rings. The molecule has 0 spiro atoms. The minimum atomic E-state index is 0.462. The van der Waals surface area contributed by atoms with E-state index in [9.17, 15) is 4.79 Å². The minimum absolute atomic E-state index is 0.462. The summed E-state index contributed by atoms with van der Waals surface area (Å²) in [7, 11) is 7.01. The topological polar surface area (TPSA) is 26.3 Å². The molecule has 0 fully saturated rings. The van der Waals surface area contributed by atoms with Gasteiger partial charge < -0.3 is 18.0 Å². The maximum Gasteiger partial charge on any atom is 0.146 e. The van der Waals surface area contributed by atoms with Gasteiger partial charge in [0.05, 0.1) is 7.11 Å². The Morgan fingerprint density at radius 2 is 2.27 bits per heavy atom. The van der Waals surface area contributed by atoms with E-state index in [-0.39, 0.29) is 0 Å². The van der Waals surface area contributed by atoms with Crippen LogP contribution in [0, 0.1) is 0 Å². The van der Waals surface area contributed by atoms with Gasteiger partial charge in [0, 0.05) is 0 Å². The van der Waals surface area contributed by atoms with Gasteiger partial charge in [-0.2, -0.15) is 0 Å². The van der Waals surface area contributed by atoms with Gasteiger partial charge in [-0.05, 0) is 17.7 Å². The summed E-state index contributed by atoms with van der Waals surface area (Å²) in [5.74, 6) is 0.640. The van der Waals surface area contributed by atoms with Crippen LogP contribution in [0.2, 0.25) is 0 Å². The van der Waals surface area contributed by atoms with Crippen molar-refractivity contribution >= 4 is 19.6 Å². The Morgan fingerprint density at radius 1 is 1.55 bits per heavy atom. The molecule has 0 saturated carbocycles. The van der Waals surface area contributed by atoms with E-state index in [0.29, 0.717) is 23.1 Å². The lowest BCUT2D eigenvalue weighted by molar-refractivity contribution is 0.112. The van der Waals surface area contributed by atoms with E-state index < -0.39 is 0 Å². The van der Waals surface area contributed by atoms with Gasteiger partial charge in [-0.15, -0.1) is 6.07 Å². The third kappa shape index (κ3) is 1.61. The number of methoxy groups -OCH3 is 1. The molecule has 0 aliphatic heterocycles. The molecule has 0 saturated heterocycles. The minimum Gasteiger partial charge on any atom is -0.579 e. The molecule has 55 valence electrons. The van der Waals surface area contributed by atoms with Crippen molar-refractivity contribution in [2.75, 3.05) is 7.11 Å². The van der Waals surface area contributed by atoms with Crippen LogP contribution in [0.15, 0.2) is 18.2 Å². The summed E-state index contributed by atoms with van der Waals surface area (Å²) < 4.78 is 4.90. The smallest absolute Gasteiger partial charge is 0.146 e. The number of aldehydes is 1. The van der Waals surface area contributed by atoms with E-state index in [1.54, 1.807) is 25.3 Å². The Bertz CT molecular complexity index is 271. The lowest BCUT2D eigenvalue weighted by Crippen LogP contribution is -2.08. The molecule has 11 heavy (non-hydrogen) atoms. The quantitative estimate of drug-likeness (QED) is 0.443. The van der Waals surface area contributed by atoms with Crippen LogP contribution < -0.4 is 10.2 Å². The second kappa shape index (κ2) is 3.24. The Morgan fingerprint density at radius 3 is 2.82 bits per heavy atom. The zero-order valence-electron chi connectivity index (χ0n) is 6.20. The van der Waals surface area contributed by atoms with Gasteiger partial charge in [0.15, 0.2) is 0 Å². The Kier molecular flexibility index (Phi) is 2.31. The number of benzene rings is 1. The molecule has 0 bridgehead atoms. The molecule has 0 unspecified atom stereocenters. The fraction of sp³-hybridized carbons (Fsp3) is 0.125. The fourth-order valence-electron chi connectivity index (χ4n) is 0.782. The summed E-state index contributed by atoms with van der Waals surface area (Å²) in [5.41, 5.74) is 0.935. The first-order chi connectivity index (χ1) is 5.27. The molecule has 3 radical (unpaired) electrons. The van der Waals surface area contributed by atoms with Gasteiger partial charge >= 0.3 is 0 Å². The standard InChI is InChI=1S/C8H7BO2/c1-11-7-2-3-8(9)6(4-7)5-10/h2-5H,1H3/q-1. The molecule has 0 aliphatic rings. The number of ether oxygens (including phenoxy) is 1. The average molecular weight is 146 g/mol. The van der Waals surface area contributed by atoms with Crippen molar-refractivity contribution in [1.82, 2.24) is 0 Å². The van der Waals surface area contributed by atoms with E-state index in [1.165, 1.54) is 0 Å². The summed E-state index contributed by atoms with van der Waals surface area (Å²) in [4.78, 5) is 10.4. The number of hydrogen-bond donors (Lipinski definition) is 0. The van der Waals surface area contributed by atoms with Crippen molar-refractivity contribution in [3.8, 4) is 5.75 Å². The van der Waals surface area contributed by atoms with Gasteiger partial charge in [0.1, 0.15) is 12.0 Å². The highest BCUT2D eigenvalue weighted by molar-refractivity contribution is 6.35. The second-order valence-electron chi connectivity index (χ2n) is 2.11. The summed E-state index contributed by atoms with van der Waals surface area (Å²) in [5, 5.41) is 0. The summed E-state index contributed by atoms with van der Waals surface area (Å²) >= 11 is 0. The molecule has 2 nitrogen and oxygen atoms in total. The van der Waals surface area contributed by atoms with Crippen molar-refractivity contribution in [1.29, 1.82) is 0 Å². The summed E-state index contributed by atoms with van der Waals surface area (Å²) in [6, 6.07) is 4.95. The molecule has 1 aromatic carbocycles. The van der Waals surface area contributed by atoms with E-state index in [0.717, 1.165) is 0 Å². The molecule has 0 amide bonds. The largest absolute Gasteiger partial charge is 0.579 e. The fourth-order valence-corrected chi connectivity index (χ4v) is 0.782. The Labute approximate surface area is 66.6 Å². The first kappa shape index (κ1) is 7.86. The van der Waals surface area contributed by atoms with Crippen molar-refractivity contribution in [3.63, 3.8) is 0 Å². The molecule has 0 atom stereocenters. The highest BCUT2D eigenvalue weighted by Gasteiger charge is 1.91. The molecule has 0 aromatic heterocycles.